The summed E-state index contributed by atoms with van der Waals surface area (Å²) in [5, 5.41) is 9.22. The van der Waals surface area contributed by atoms with Crippen LogP contribution in [0.1, 0.15) is 29.2 Å². The summed E-state index contributed by atoms with van der Waals surface area (Å²) in [6.45, 7) is 1.97. The summed E-state index contributed by atoms with van der Waals surface area (Å²) in [7, 11) is 2.85. The molecule has 0 aliphatic carbocycles. The highest BCUT2D eigenvalue weighted by molar-refractivity contribution is 7.81. The van der Waals surface area contributed by atoms with E-state index in [4.69, 9.17) is 33.9 Å². The third-order valence-electron chi connectivity index (χ3n) is 8.25. The molecule has 0 unspecified atom stereocenters. The molecule has 4 N–H and O–H groups in total. The van der Waals surface area contributed by atoms with Crippen LogP contribution in [0.2, 0.25) is 0 Å². The fraction of sp³-hybridized carbons (Fsp3) is 0.289. The van der Waals surface area contributed by atoms with Crippen molar-refractivity contribution in [1.29, 1.82) is 0 Å². The first-order valence-corrected chi connectivity index (χ1v) is 18.2. The van der Waals surface area contributed by atoms with Gasteiger partial charge >= 0.3 is 30.7 Å². The third-order valence-corrected chi connectivity index (χ3v) is 8.65. The maximum Gasteiger partial charge on any atom is 0.416 e. The Bertz CT molecular complexity index is 2140. The number of anilines is 6. The molecule has 0 saturated heterocycles. The Kier molecular flexibility index (Phi) is 15.5. The van der Waals surface area contributed by atoms with E-state index >= 15 is 0 Å². The molecule has 9 nitrogen and oxygen atoms in total. The summed E-state index contributed by atoms with van der Waals surface area (Å²) in [6.07, 6.45) is -21.0. The number of halogens is 12. The zero-order chi connectivity index (χ0) is 45.5. The molecular weight excluding hydrogens is 881 g/mol. The van der Waals surface area contributed by atoms with E-state index in [9.17, 15) is 57.5 Å². The topological polar surface area (TPSA) is 90.1 Å². The molecule has 0 radical (unpaired) electrons. The number of rotatable bonds is 12. The summed E-state index contributed by atoms with van der Waals surface area (Å²) in [6, 6.07) is 12.9. The molecule has 23 heteroatoms. The van der Waals surface area contributed by atoms with Crippen molar-refractivity contribution in [2.45, 2.75) is 37.7 Å². The number of carbonyl (C=O) groups excluding carboxylic acids is 1. The molecule has 4 aromatic rings. The second kappa shape index (κ2) is 19.5. The third kappa shape index (κ3) is 14.1. The van der Waals surface area contributed by atoms with E-state index in [1.807, 2.05) is 0 Å². The first-order valence-electron chi connectivity index (χ1n) is 17.4. The van der Waals surface area contributed by atoms with E-state index < -0.39 is 70.5 Å². The molecule has 1 atom stereocenters. The van der Waals surface area contributed by atoms with Crippen LogP contribution in [-0.4, -0.2) is 56.3 Å². The van der Waals surface area contributed by atoms with E-state index in [0.717, 1.165) is 0 Å². The van der Waals surface area contributed by atoms with Gasteiger partial charge in [-0.05, 0) is 104 Å². The van der Waals surface area contributed by atoms with Gasteiger partial charge in [0.05, 0.1) is 48.1 Å². The monoisotopic (exact) mass is 914 g/mol. The number of nitrogens with zero attached hydrogens (tertiary/aromatic N) is 2. The number of thiocarbonyl (C=S) groups is 2. The summed E-state index contributed by atoms with van der Waals surface area (Å²) >= 11 is 10.4. The molecule has 0 heterocycles. The van der Waals surface area contributed by atoms with Gasteiger partial charge in [0.25, 0.3) is 0 Å². The Balaban J connectivity index is 1.57. The minimum absolute atomic E-state index is 0.0319. The standard InChI is InChI=1S/C38H34F12N6O3S2/c1-21(59-11-10-58-3)20-56(31-9-5-7-27(19-31)52-33(61)54-29-16-24(37(45,46)47)13-25(17-29)38(48,49)50)34(57)55(2)30-8-4-6-26(18-30)51-32(60)53-28-14-22(35(39,40)41)12-23(15-28)36(42,43)44/h4-9,12-19,21H,10-11,20H2,1-3H3,(H2,51,53,60)(H2,52,54,61)/t21-/m1/s1. The minimum atomic E-state index is -5.10. The second-order valence-corrected chi connectivity index (χ2v) is 13.8. The number of amides is 2. The SMILES string of the molecule is COCCO[C@H](C)CN(C(=O)N(C)c1cccc(NC(=S)Nc2cc(C(F)(F)F)cc(C(F)(F)F)c2)c1)c1cccc(NC(=S)Nc2cc(C(F)(F)F)cc(C(F)(F)F)c2)c1. The summed E-state index contributed by atoms with van der Waals surface area (Å²) in [4.78, 5) is 16.7. The van der Waals surface area contributed by atoms with E-state index in [2.05, 4.69) is 21.3 Å². The highest BCUT2D eigenvalue weighted by Crippen LogP contribution is 2.39. The predicted octanol–water partition coefficient (Wildman–Crippen LogP) is 11.5. The largest absolute Gasteiger partial charge is 0.416 e. The van der Waals surface area contributed by atoms with Crippen molar-refractivity contribution in [3.63, 3.8) is 0 Å². The maximum atomic E-state index is 14.2. The number of hydrogen-bond acceptors (Lipinski definition) is 5. The highest BCUT2D eigenvalue weighted by Gasteiger charge is 2.38. The minimum Gasteiger partial charge on any atom is -0.382 e. The van der Waals surface area contributed by atoms with Crippen LogP contribution in [-0.2, 0) is 34.2 Å². The Morgan fingerprint density at radius 2 is 0.967 bits per heavy atom. The summed E-state index contributed by atoms with van der Waals surface area (Å²) < 4.78 is 171. The number of methoxy groups -OCH3 is 1. The van der Waals surface area contributed by atoms with Gasteiger partial charge in [0, 0.05) is 48.3 Å². The molecule has 0 spiro atoms. The molecule has 0 aliphatic rings. The van der Waals surface area contributed by atoms with Crippen LogP contribution in [0.25, 0.3) is 0 Å². The Morgan fingerprint density at radius 1 is 0.590 bits per heavy atom. The van der Waals surface area contributed by atoms with Gasteiger partial charge in [0.15, 0.2) is 10.2 Å². The zero-order valence-corrected chi connectivity index (χ0v) is 33.4. The highest BCUT2D eigenvalue weighted by atomic mass is 32.1. The lowest BCUT2D eigenvalue weighted by Gasteiger charge is -2.31. The first kappa shape index (κ1) is 48.3. The predicted molar refractivity (Wildman–Crippen MR) is 214 cm³/mol. The lowest BCUT2D eigenvalue weighted by Crippen LogP contribution is -2.45. The number of hydrogen-bond donors (Lipinski definition) is 4. The van der Waals surface area contributed by atoms with E-state index in [-0.39, 0.29) is 64.9 Å². The van der Waals surface area contributed by atoms with Crippen LogP contribution in [0.3, 0.4) is 0 Å². The molecule has 0 fully saturated rings. The Hall–Kier alpha value is -5.39. The van der Waals surface area contributed by atoms with Gasteiger partial charge in [-0.25, -0.2) is 4.79 Å². The van der Waals surface area contributed by atoms with Crippen LogP contribution in [0.4, 0.5) is 91.6 Å². The van der Waals surface area contributed by atoms with Gasteiger partial charge in [-0.15, -0.1) is 0 Å². The summed E-state index contributed by atoms with van der Waals surface area (Å²) in [5.74, 6) is 0. The molecule has 61 heavy (non-hydrogen) atoms. The normalized spacial score (nSPS) is 12.6. The van der Waals surface area contributed by atoms with Crippen LogP contribution in [0.15, 0.2) is 84.9 Å². The molecule has 0 aromatic heterocycles. The lowest BCUT2D eigenvalue weighted by atomic mass is 10.1. The van der Waals surface area contributed by atoms with Gasteiger partial charge in [0.1, 0.15) is 0 Å². The fourth-order valence-corrected chi connectivity index (χ4v) is 5.88. The van der Waals surface area contributed by atoms with Gasteiger partial charge < -0.3 is 30.7 Å². The average molecular weight is 915 g/mol. The second-order valence-electron chi connectivity index (χ2n) is 13.0. The van der Waals surface area contributed by atoms with E-state index in [0.29, 0.717) is 24.3 Å². The van der Waals surface area contributed by atoms with Crippen molar-refractivity contribution in [3.8, 4) is 0 Å². The molecule has 4 aromatic carbocycles. The number of carbonyl (C=O) groups is 1. The quantitative estimate of drug-likeness (QED) is 0.0630. The molecule has 0 saturated carbocycles. The van der Waals surface area contributed by atoms with Crippen LogP contribution in [0.5, 0.6) is 0 Å². The molecular formula is C38H34F12N6O3S2. The lowest BCUT2D eigenvalue weighted by molar-refractivity contribution is -0.144. The van der Waals surface area contributed by atoms with Crippen LogP contribution >= 0.6 is 24.4 Å². The van der Waals surface area contributed by atoms with Crippen LogP contribution < -0.4 is 31.1 Å². The van der Waals surface area contributed by atoms with Gasteiger partial charge in [-0.3, -0.25) is 9.80 Å². The van der Waals surface area contributed by atoms with E-state index in [1.165, 1.54) is 72.5 Å². The number of benzene rings is 4. The van der Waals surface area contributed by atoms with Crippen molar-refractivity contribution < 1.29 is 67.0 Å². The molecule has 4 rings (SSSR count). The number of ether oxygens (including phenoxy) is 2. The van der Waals surface area contributed by atoms with Crippen molar-refractivity contribution in [2.24, 2.45) is 0 Å². The fourth-order valence-electron chi connectivity index (χ4n) is 5.41. The van der Waals surface area contributed by atoms with Crippen LogP contribution in [0, 0.1) is 0 Å². The smallest absolute Gasteiger partial charge is 0.382 e. The summed E-state index contributed by atoms with van der Waals surface area (Å²) in [5.41, 5.74) is -6.64. The number of alkyl halides is 12. The van der Waals surface area contributed by atoms with Crippen molar-refractivity contribution in [1.82, 2.24) is 0 Å². The maximum absolute atomic E-state index is 14.2. The van der Waals surface area contributed by atoms with Crippen molar-refractivity contribution in [3.05, 3.63) is 107 Å². The Labute approximate surface area is 351 Å². The zero-order valence-electron chi connectivity index (χ0n) is 31.8. The van der Waals surface area contributed by atoms with Gasteiger partial charge in [-0.1, -0.05) is 12.1 Å². The van der Waals surface area contributed by atoms with Crippen molar-refractivity contribution in [2.75, 3.05) is 65.0 Å². The number of nitrogens with one attached hydrogen (secondary N) is 4. The average Bonchev–Trinajstić information content (AvgIpc) is 3.15. The molecule has 0 bridgehead atoms. The first-order chi connectivity index (χ1) is 28.2. The van der Waals surface area contributed by atoms with Gasteiger partial charge in [-0.2, -0.15) is 52.7 Å². The molecule has 2 amide bonds. The van der Waals surface area contributed by atoms with E-state index in [1.54, 1.807) is 6.92 Å². The van der Waals surface area contributed by atoms with Crippen molar-refractivity contribution >= 4 is 74.8 Å². The van der Waals surface area contributed by atoms with Gasteiger partial charge in [0.2, 0.25) is 0 Å². The Morgan fingerprint density at radius 3 is 1.36 bits per heavy atom. The molecule has 330 valence electrons. The molecule has 0 aliphatic heterocycles. The number of urea groups is 1.